The minimum Gasteiger partial charge on any atom is -0.462 e. The monoisotopic (exact) mass is 389 g/mol. The molecule has 0 unspecified atom stereocenters. The molecule has 2 aromatic carbocycles. The lowest BCUT2D eigenvalue weighted by Gasteiger charge is -2.31. The Morgan fingerprint density at radius 1 is 1.10 bits per heavy atom. The van der Waals surface area contributed by atoms with Crippen LogP contribution in [0.3, 0.4) is 0 Å². The maximum atomic E-state index is 12.0. The molecule has 0 saturated carbocycles. The third kappa shape index (κ3) is 4.39. The lowest BCUT2D eigenvalue weighted by Crippen LogP contribution is -2.27. The fraction of sp³-hybridized carbons (Fsp3) is 0.250. The molecule has 0 atom stereocenters. The molecular formula is C24H23NO4. The number of hydrogen-bond donors (Lipinski definition) is 2. The Morgan fingerprint density at radius 2 is 1.76 bits per heavy atom. The highest BCUT2D eigenvalue weighted by atomic mass is 16.5. The van der Waals surface area contributed by atoms with E-state index >= 15 is 0 Å². The Labute approximate surface area is 170 Å². The Hall–Kier alpha value is -3.36. The summed E-state index contributed by atoms with van der Waals surface area (Å²) >= 11 is 0. The van der Waals surface area contributed by atoms with Crippen molar-refractivity contribution >= 4 is 17.4 Å². The number of benzene rings is 2. The first-order chi connectivity index (χ1) is 13.9. The summed E-state index contributed by atoms with van der Waals surface area (Å²) in [4.78, 5) is 23.7. The smallest absolute Gasteiger partial charge is 0.338 e. The van der Waals surface area contributed by atoms with E-state index in [0.717, 1.165) is 22.3 Å². The van der Waals surface area contributed by atoms with Crippen LogP contribution in [0.1, 0.15) is 59.8 Å². The minimum absolute atomic E-state index is 0.145. The van der Waals surface area contributed by atoms with Crippen molar-refractivity contribution in [3.05, 3.63) is 76.4 Å². The topological polar surface area (TPSA) is 75.6 Å². The van der Waals surface area contributed by atoms with Crippen LogP contribution in [-0.4, -0.2) is 23.7 Å². The second kappa shape index (κ2) is 8.34. The van der Waals surface area contributed by atoms with Crippen LogP contribution in [0, 0.1) is 11.8 Å². The number of amides is 1. The van der Waals surface area contributed by atoms with Crippen LogP contribution >= 0.6 is 0 Å². The quantitative estimate of drug-likeness (QED) is 0.362. The van der Waals surface area contributed by atoms with Gasteiger partial charge in [0, 0.05) is 16.7 Å². The van der Waals surface area contributed by atoms with E-state index in [1.807, 2.05) is 24.3 Å². The highest BCUT2D eigenvalue weighted by Crippen LogP contribution is 2.39. The average Bonchev–Trinajstić information content (AvgIpc) is 2.72. The molecule has 1 aliphatic carbocycles. The number of nitrogens with one attached hydrogen (secondary N) is 1. The molecule has 0 saturated heterocycles. The number of esters is 1. The first-order valence-electron chi connectivity index (χ1n) is 9.44. The van der Waals surface area contributed by atoms with Crippen molar-refractivity contribution in [2.24, 2.45) is 0 Å². The molecule has 0 spiro atoms. The summed E-state index contributed by atoms with van der Waals surface area (Å²) in [6.45, 7) is 6.33. The second-order valence-electron chi connectivity index (χ2n) is 7.45. The van der Waals surface area contributed by atoms with Gasteiger partial charge in [-0.3, -0.25) is 10.0 Å². The molecule has 1 amide bonds. The van der Waals surface area contributed by atoms with Gasteiger partial charge in [0.1, 0.15) is 0 Å². The number of ether oxygens (including phenoxy) is 1. The van der Waals surface area contributed by atoms with Crippen LogP contribution in [0.15, 0.2) is 48.5 Å². The second-order valence-corrected chi connectivity index (χ2v) is 7.45. The van der Waals surface area contributed by atoms with Gasteiger partial charge in [-0.15, -0.1) is 0 Å². The molecule has 0 heterocycles. The van der Waals surface area contributed by atoms with Gasteiger partial charge in [-0.2, -0.15) is 0 Å². The summed E-state index contributed by atoms with van der Waals surface area (Å²) < 4.78 is 4.98. The van der Waals surface area contributed by atoms with Gasteiger partial charge in [-0.1, -0.05) is 37.8 Å². The highest BCUT2D eigenvalue weighted by molar-refractivity contribution is 6.20. The van der Waals surface area contributed by atoms with E-state index in [9.17, 15) is 9.59 Å². The fourth-order valence-electron chi connectivity index (χ4n) is 3.32. The van der Waals surface area contributed by atoms with Gasteiger partial charge in [0.15, 0.2) is 0 Å². The van der Waals surface area contributed by atoms with E-state index in [4.69, 9.17) is 9.94 Å². The number of carbonyl (C=O) groups excluding carboxylic acids is 2. The molecule has 3 rings (SSSR count). The Bertz CT molecular complexity index is 1040. The van der Waals surface area contributed by atoms with Crippen LogP contribution in [0.25, 0.3) is 5.57 Å². The van der Waals surface area contributed by atoms with Gasteiger partial charge in [0.05, 0.1) is 12.2 Å². The zero-order chi connectivity index (χ0) is 21.0. The van der Waals surface area contributed by atoms with Crippen LogP contribution in [-0.2, 0) is 14.9 Å². The first kappa shape index (κ1) is 20.4. The Kier molecular flexibility index (Phi) is 5.86. The molecule has 148 valence electrons. The average molecular weight is 389 g/mol. The van der Waals surface area contributed by atoms with Crippen LogP contribution in [0.4, 0.5) is 0 Å². The van der Waals surface area contributed by atoms with E-state index in [1.165, 1.54) is 0 Å². The summed E-state index contributed by atoms with van der Waals surface area (Å²) in [7, 11) is 0. The summed E-state index contributed by atoms with van der Waals surface area (Å²) in [5.74, 6) is 5.39. The molecular weight excluding hydrogens is 366 g/mol. The van der Waals surface area contributed by atoms with Crippen molar-refractivity contribution in [3.63, 3.8) is 0 Å². The molecule has 29 heavy (non-hydrogen) atoms. The third-order valence-electron chi connectivity index (χ3n) is 4.95. The van der Waals surface area contributed by atoms with Crippen molar-refractivity contribution in [1.29, 1.82) is 0 Å². The summed E-state index contributed by atoms with van der Waals surface area (Å²) in [5, 5.41) is 9.00. The van der Waals surface area contributed by atoms with Crippen LogP contribution < -0.4 is 5.48 Å². The number of rotatable bonds is 3. The van der Waals surface area contributed by atoms with Gasteiger partial charge < -0.3 is 4.74 Å². The summed E-state index contributed by atoms with van der Waals surface area (Å²) in [6.07, 6.45) is 2.54. The molecule has 2 N–H and O–H groups in total. The van der Waals surface area contributed by atoms with Gasteiger partial charge in [0.2, 0.25) is 0 Å². The van der Waals surface area contributed by atoms with Gasteiger partial charge >= 0.3 is 5.97 Å². The number of fused-ring (bicyclic) bond motifs is 1. The highest BCUT2D eigenvalue weighted by Gasteiger charge is 2.30. The Balaban J connectivity index is 1.89. The zero-order valence-electron chi connectivity index (χ0n) is 16.7. The van der Waals surface area contributed by atoms with Gasteiger partial charge in [0.25, 0.3) is 5.91 Å². The van der Waals surface area contributed by atoms with Crippen LogP contribution in [0.2, 0.25) is 0 Å². The van der Waals surface area contributed by atoms with Crippen molar-refractivity contribution in [2.75, 3.05) is 6.61 Å². The normalized spacial score (nSPS) is 14.0. The van der Waals surface area contributed by atoms with Crippen LogP contribution in [0.5, 0.6) is 0 Å². The van der Waals surface area contributed by atoms with E-state index in [1.54, 1.807) is 36.7 Å². The standard InChI is InChI=1S/C24H23NO4/c1-4-29-23(27)18-10-7-16(8-11-18)5-6-17-9-12-19-20(22(26)25-28)13-14-24(2,3)21(19)15-17/h7-13,15,28H,4,14H2,1-3H3,(H,25,26). The molecule has 1 aliphatic rings. The minimum atomic E-state index is -0.512. The van der Waals surface area contributed by atoms with Gasteiger partial charge in [-0.25, -0.2) is 10.3 Å². The van der Waals surface area contributed by atoms with Crippen molar-refractivity contribution < 1.29 is 19.5 Å². The number of carbonyl (C=O) groups is 2. The van der Waals surface area contributed by atoms with Gasteiger partial charge in [-0.05, 0) is 66.3 Å². The molecule has 0 bridgehead atoms. The third-order valence-corrected chi connectivity index (χ3v) is 4.95. The number of hydroxylamine groups is 1. The largest absolute Gasteiger partial charge is 0.462 e. The summed E-state index contributed by atoms with van der Waals surface area (Å²) in [5.41, 5.74) is 5.97. The summed E-state index contributed by atoms with van der Waals surface area (Å²) in [6, 6.07) is 12.7. The van der Waals surface area contributed by atoms with E-state index < -0.39 is 5.91 Å². The van der Waals surface area contributed by atoms with Crippen molar-refractivity contribution in [2.45, 2.75) is 32.6 Å². The SMILES string of the molecule is CCOC(=O)c1ccc(C#Cc2ccc3c(c2)C(C)(C)CC=C3C(=O)NO)cc1. The molecule has 5 heteroatoms. The van der Waals surface area contributed by atoms with E-state index in [2.05, 4.69) is 25.7 Å². The molecule has 0 aliphatic heterocycles. The Morgan fingerprint density at radius 3 is 2.41 bits per heavy atom. The molecule has 2 aromatic rings. The molecule has 0 radical (unpaired) electrons. The predicted molar refractivity (Wildman–Crippen MR) is 110 cm³/mol. The predicted octanol–water partition coefficient (Wildman–Crippen LogP) is 3.83. The number of hydrogen-bond acceptors (Lipinski definition) is 4. The van der Waals surface area contributed by atoms with E-state index in [-0.39, 0.29) is 11.4 Å². The van der Waals surface area contributed by atoms with Crippen molar-refractivity contribution in [3.8, 4) is 11.8 Å². The maximum Gasteiger partial charge on any atom is 0.338 e. The molecule has 0 fully saturated rings. The first-order valence-corrected chi connectivity index (χ1v) is 9.44. The molecule has 5 nitrogen and oxygen atoms in total. The number of allylic oxidation sites excluding steroid dienone is 1. The lowest BCUT2D eigenvalue weighted by atomic mass is 9.73. The maximum absolute atomic E-state index is 12.0. The van der Waals surface area contributed by atoms with E-state index in [0.29, 0.717) is 24.2 Å². The van der Waals surface area contributed by atoms with Crippen molar-refractivity contribution in [1.82, 2.24) is 5.48 Å². The fourth-order valence-corrected chi connectivity index (χ4v) is 3.32. The zero-order valence-corrected chi connectivity index (χ0v) is 16.7. The molecule has 0 aromatic heterocycles. The lowest BCUT2D eigenvalue weighted by molar-refractivity contribution is -0.123.